The fraction of sp³-hybridized carbons (Fsp3) is 0.500. The maximum absolute atomic E-state index is 10.8. The van der Waals surface area contributed by atoms with E-state index in [9.17, 15) is 8.42 Å². The molecule has 126 valence electrons. The molecule has 0 amide bonds. The monoisotopic (exact) mass is 338 g/mol. The largest absolute Gasteiger partial charge is 0.497 e. The second-order valence-electron chi connectivity index (χ2n) is 6.10. The van der Waals surface area contributed by atoms with Gasteiger partial charge < -0.3 is 10.5 Å². The first kappa shape index (κ1) is 16.4. The van der Waals surface area contributed by atoms with Crippen molar-refractivity contribution in [2.24, 2.45) is 5.73 Å². The van der Waals surface area contributed by atoms with Gasteiger partial charge in [0.2, 0.25) is 0 Å². The maximum atomic E-state index is 10.8. The third-order valence-corrected chi connectivity index (χ3v) is 5.44. The van der Waals surface area contributed by atoms with Crippen molar-refractivity contribution >= 4 is 15.7 Å². The first-order chi connectivity index (χ1) is 10.9. The van der Waals surface area contributed by atoms with E-state index in [1.807, 2.05) is 18.2 Å². The van der Waals surface area contributed by atoms with Crippen LogP contribution < -0.4 is 10.5 Å². The molecule has 3 N–H and O–H groups in total. The van der Waals surface area contributed by atoms with Crippen molar-refractivity contribution in [3.05, 3.63) is 34.9 Å². The van der Waals surface area contributed by atoms with E-state index in [0.717, 1.165) is 30.8 Å². The predicted octanol–water partition coefficient (Wildman–Crippen LogP) is 1.45. The van der Waals surface area contributed by atoms with Crippen LogP contribution in [0.3, 0.4) is 0 Å². The average Bonchev–Trinajstić information content (AvgIpc) is 2.78. The molecule has 7 heteroatoms. The van der Waals surface area contributed by atoms with Gasteiger partial charge in [0.25, 0.3) is 10.1 Å². The number of hydrogen-bond acceptors (Lipinski definition) is 5. The summed E-state index contributed by atoms with van der Waals surface area (Å²) in [5, 5.41) is 0. The molecular weight excluding hydrogens is 316 g/mol. The van der Waals surface area contributed by atoms with E-state index in [1.54, 1.807) is 7.11 Å². The Bertz CT molecular complexity index is 742. The molecule has 0 saturated carbocycles. The normalized spacial score (nSPS) is 21.3. The Hall–Kier alpha value is -1.41. The fourth-order valence-electron chi connectivity index (χ4n) is 3.48. The van der Waals surface area contributed by atoms with Crippen LogP contribution in [0.4, 0.5) is 0 Å². The van der Waals surface area contributed by atoms with Crippen LogP contribution in [-0.2, 0) is 10.1 Å². The van der Waals surface area contributed by atoms with Gasteiger partial charge in [-0.15, -0.1) is 0 Å². The van der Waals surface area contributed by atoms with E-state index >= 15 is 0 Å². The van der Waals surface area contributed by atoms with Gasteiger partial charge in [0.15, 0.2) is 0 Å². The van der Waals surface area contributed by atoms with Gasteiger partial charge in [-0.2, -0.15) is 8.42 Å². The van der Waals surface area contributed by atoms with Crippen LogP contribution in [0.1, 0.15) is 30.0 Å². The summed E-state index contributed by atoms with van der Waals surface area (Å²) in [6.07, 6.45) is 1.33. The molecule has 0 saturated heterocycles. The molecule has 1 aromatic carbocycles. The van der Waals surface area contributed by atoms with Crippen molar-refractivity contribution in [3.8, 4) is 5.75 Å². The van der Waals surface area contributed by atoms with Gasteiger partial charge in [-0.05, 0) is 53.8 Å². The summed E-state index contributed by atoms with van der Waals surface area (Å²) in [5.41, 5.74) is 11.2. The zero-order chi connectivity index (χ0) is 16.6. The minimum absolute atomic E-state index is 0.102. The minimum atomic E-state index is -3.88. The van der Waals surface area contributed by atoms with Crippen molar-refractivity contribution < 1.29 is 17.7 Å². The molecule has 3 rings (SSSR count). The van der Waals surface area contributed by atoms with Gasteiger partial charge in [0.05, 0.1) is 18.9 Å². The molecule has 0 radical (unpaired) electrons. The number of ether oxygens (including phenoxy) is 1. The lowest BCUT2D eigenvalue weighted by molar-refractivity contribution is 0.290. The fourth-order valence-corrected chi connectivity index (χ4v) is 3.98. The second-order valence-corrected chi connectivity index (χ2v) is 7.67. The smallest absolute Gasteiger partial charge is 0.264 e. The Morgan fingerprint density at radius 1 is 1.43 bits per heavy atom. The van der Waals surface area contributed by atoms with Gasteiger partial charge in [-0.25, -0.2) is 0 Å². The first-order valence-electron chi connectivity index (χ1n) is 7.72. The van der Waals surface area contributed by atoms with Gasteiger partial charge in [0, 0.05) is 13.1 Å². The standard InChI is InChI=1S/C16H22N2O4S/c1-22-11-3-4-13-14(9-11)12-5-7-18(10-15(12)16(13)17)6-2-8-23(19,20)21/h3-4,9,16H,2,5-8,10,17H2,1H3,(H,19,20,21). The number of fused-ring (bicyclic) bond motifs is 2. The van der Waals surface area contributed by atoms with Crippen molar-refractivity contribution in [1.82, 2.24) is 4.90 Å². The number of benzene rings is 1. The van der Waals surface area contributed by atoms with Crippen LogP contribution in [0.5, 0.6) is 5.75 Å². The summed E-state index contributed by atoms with van der Waals surface area (Å²) in [7, 11) is -2.23. The Kier molecular flexibility index (Phi) is 4.46. The van der Waals surface area contributed by atoms with Crippen molar-refractivity contribution in [2.45, 2.75) is 18.9 Å². The summed E-state index contributed by atoms with van der Waals surface area (Å²) in [4.78, 5) is 2.20. The zero-order valence-corrected chi connectivity index (χ0v) is 14.0. The minimum Gasteiger partial charge on any atom is -0.497 e. The lowest BCUT2D eigenvalue weighted by Crippen LogP contribution is -2.34. The number of nitrogens with two attached hydrogens (primary N) is 1. The van der Waals surface area contributed by atoms with Crippen molar-refractivity contribution in [1.29, 1.82) is 0 Å². The third-order valence-electron chi connectivity index (χ3n) is 4.63. The summed E-state index contributed by atoms with van der Waals surface area (Å²) >= 11 is 0. The summed E-state index contributed by atoms with van der Waals surface area (Å²) in [5.74, 6) is 0.638. The molecule has 2 aliphatic rings. The lowest BCUT2D eigenvalue weighted by atomic mass is 9.98. The van der Waals surface area contributed by atoms with Crippen LogP contribution in [0.25, 0.3) is 5.57 Å². The highest BCUT2D eigenvalue weighted by Gasteiger charge is 2.32. The molecule has 23 heavy (non-hydrogen) atoms. The van der Waals surface area contributed by atoms with Crippen LogP contribution in [0, 0.1) is 0 Å². The van der Waals surface area contributed by atoms with E-state index in [4.69, 9.17) is 15.0 Å². The van der Waals surface area contributed by atoms with Crippen LogP contribution >= 0.6 is 0 Å². The Morgan fingerprint density at radius 2 is 2.22 bits per heavy atom. The average molecular weight is 338 g/mol. The highest BCUT2D eigenvalue weighted by atomic mass is 32.2. The quantitative estimate of drug-likeness (QED) is 0.789. The van der Waals surface area contributed by atoms with Crippen LogP contribution in [0.15, 0.2) is 23.8 Å². The van der Waals surface area contributed by atoms with E-state index in [-0.39, 0.29) is 11.8 Å². The molecule has 1 unspecified atom stereocenters. The molecule has 0 aromatic heterocycles. The SMILES string of the molecule is COc1ccc2c(c1)C1=C(CN(CCCS(=O)(=O)O)CC1)C2N. The van der Waals surface area contributed by atoms with Gasteiger partial charge in [-0.3, -0.25) is 9.45 Å². The number of hydrogen-bond donors (Lipinski definition) is 2. The molecule has 6 nitrogen and oxygen atoms in total. The Balaban J connectivity index is 1.72. The van der Waals surface area contributed by atoms with E-state index in [0.29, 0.717) is 13.0 Å². The van der Waals surface area contributed by atoms with E-state index in [1.165, 1.54) is 16.7 Å². The van der Waals surface area contributed by atoms with Crippen molar-refractivity contribution in [2.75, 3.05) is 32.5 Å². The van der Waals surface area contributed by atoms with Crippen molar-refractivity contribution in [3.63, 3.8) is 0 Å². The third kappa shape index (κ3) is 3.42. The summed E-state index contributed by atoms with van der Waals surface area (Å²) in [6.45, 7) is 2.26. The highest BCUT2D eigenvalue weighted by molar-refractivity contribution is 7.85. The topological polar surface area (TPSA) is 92.9 Å². The van der Waals surface area contributed by atoms with E-state index < -0.39 is 10.1 Å². The Morgan fingerprint density at radius 3 is 2.91 bits per heavy atom. The second kappa shape index (κ2) is 6.24. The number of methoxy groups -OCH3 is 1. The molecule has 1 atom stereocenters. The zero-order valence-electron chi connectivity index (χ0n) is 13.2. The Labute approximate surface area is 136 Å². The number of nitrogens with zero attached hydrogens (tertiary/aromatic N) is 1. The predicted molar refractivity (Wildman–Crippen MR) is 88.9 cm³/mol. The molecule has 0 bridgehead atoms. The van der Waals surface area contributed by atoms with Crippen LogP contribution in [-0.4, -0.2) is 50.4 Å². The molecule has 0 spiro atoms. The molecule has 0 fully saturated rings. The summed E-state index contributed by atoms with van der Waals surface area (Å²) < 4.78 is 35.8. The van der Waals surface area contributed by atoms with Crippen LogP contribution in [0.2, 0.25) is 0 Å². The van der Waals surface area contributed by atoms with Gasteiger partial charge >= 0.3 is 0 Å². The number of rotatable bonds is 5. The molecule has 1 aliphatic heterocycles. The van der Waals surface area contributed by atoms with E-state index in [2.05, 4.69) is 4.90 Å². The molecule has 1 heterocycles. The molecular formula is C16H22N2O4S. The van der Waals surface area contributed by atoms with Gasteiger partial charge in [-0.1, -0.05) is 6.07 Å². The molecule has 1 aliphatic carbocycles. The van der Waals surface area contributed by atoms with Gasteiger partial charge in [0.1, 0.15) is 5.75 Å². The molecule has 1 aromatic rings. The highest BCUT2D eigenvalue weighted by Crippen LogP contribution is 2.44. The lowest BCUT2D eigenvalue weighted by Gasteiger charge is -2.29. The maximum Gasteiger partial charge on any atom is 0.264 e. The first-order valence-corrected chi connectivity index (χ1v) is 9.33. The summed E-state index contributed by atoms with van der Waals surface area (Å²) in [6, 6.07) is 5.90.